The smallest absolute Gasteiger partial charge is 0.255 e. The molecule has 6 heteroatoms. The van der Waals surface area contributed by atoms with Gasteiger partial charge < -0.3 is 9.40 Å². The summed E-state index contributed by atoms with van der Waals surface area (Å²) in [6.07, 6.45) is 3.08. The van der Waals surface area contributed by atoms with Crippen molar-refractivity contribution in [3.8, 4) is 11.4 Å². The number of aryl methyl sites for hydroxylation is 1. The van der Waals surface area contributed by atoms with E-state index >= 15 is 0 Å². The number of fused-ring (bicyclic) bond motifs is 2. The van der Waals surface area contributed by atoms with Crippen LogP contribution < -0.4 is 11.0 Å². The second-order valence-electron chi connectivity index (χ2n) is 7.94. The summed E-state index contributed by atoms with van der Waals surface area (Å²) in [7, 11) is 0. The van der Waals surface area contributed by atoms with E-state index in [-0.39, 0.29) is 11.0 Å². The molecule has 0 saturated carbocycles. The second kappa shape index (κ2) is 7.96. The minimum Gasteiger partial charge on any atom is -0.464 e. The maximum absolute atomic E-state index is 13.0. The zero-order valence-electron chi connectivity index (χ0n) is 17.4. The maximum Gasteiger partial charge on any atom is 0.255 e. The van der Waals surface area contributed by atoms with Gasteiger partial charge in [0, 0.05) is 37.2 Å². The van der Waals surface area contributed by atoms with Crippen molar-refractivity contribution in [3.05, 3.63) is 97.8 Å². The van der Waals surface area contributed by atoms with Gasteiger partial charge in [0.2, 0.25) is 0 Å². The van der Waals surface area contributed by atoms with Gasteiger partial charge in [-0.2, -0.15) is 0 Å². The van der Waals surface area contributed by atoms with Crippen molar-refractivity contribution in [1.29, 1.82) is 0 Å². The Kier molecular flexibility index (Phi) is 5.00. The van der Waals surface area contributed by atoms with Gasteiger partial charge in [0.15, 0.2) is 5.43 Å². The Hall–Kier alpha value is -3.51. The lowest BCUT2D eigenvalue weighted by Gasteiger charge is -2.27. The maximum atomic E-state index is 13.0. The van der Waals surface area contributed by atoms with E-state index in [9.17, 15) is 9.59 Å². The van der Waals surface area contributed by atoms with Gasteiger partial charge in [-0.25, -0.2) is 4.98 Å². The number of nitrogens with zero attached hydrogens (tertiary/aromatic N) is 2. The lowest BCUT2D eigenvalue weighted by Crippen LogP contribution is -2.36. The minimum absolute atomic E-state index is 0.00573. The summed E-state index contributed by atoms with van der Waals surface area (Å²) in [5.74, 6) is 0.597. The molecule has 5 rings (SSSR count). The highest BCUT2D eigenvalue weighted by molar-refractivity contribution is 5.77. The molecule has 3 heterocycles. The topological polar surface area (TPSA) is 79.2 Å². The molecule has 31 heavy (non-hydrogen) atoms. The van der Waals surface area contributed by atoms with Crippen LogP contribution in [0.1, 0.15) is 29.3 Å². The molecular weight excluding hydrogens is 390 g/mol. The molecular formula is C25H23N3O3. The Morgan fingerprint density at radius 3 is 2.77 bits per heavy atom. The summed E-state index contributed by atoms with van der Waals surface area (Å²) in [6, 6.07) is 15.4. The number of hydrogen-bond acceptors (Lipinski definition) is 5. The number of aromatic amines is 1. The van der Waals surface area contributed by atoms with E-state index in [2.05, 4.69) is 16.8 Å². The normalized spacial score (nSPS) is 14.0. The van der Waals surface area contributed by atoms with Gasteiger partial charge in [-0.15, -0.1) is 0 Å². The molecule has 1 N–H and O–H groups in total. The first kappa shape index (κ1) is 19.5. The molecule has 2 aromatic carbocycles. The second-order valence-corrected chi connectivity index (χ2v) is 7.94. The number of nitrogens with one attached hydrogen (secondary N) is 1. The Labute approximate surface area is 179 Å². The molecule has 0 unspecified atom stereocenters. The lowest BCUT2D eigenvalue weighted by molar-refractivity contribution is 0.239. The largest absolute Gasteiger partial charge is 0.464 e. The summed E-state index contributed by atoms with van der Waals surface area (Å²) >= 11 is 0. The lowest BCUT2D eigenvalue weighted by atomic mass is 10.0. The predicted octanol–water partition coefficient (Wildman–Crippen LogP) is 3.66. The van der Waals surface area contributed by atoms with Crippen LogP contribution in [0.2, 0.25) is 0 Å². The van der Waals surface area contributed by atoms with E-state index in [4.69, 9.17) is 9.40 Å². The van der Waals surface area contributed by atoms with Crippen molar-refractivity contribution in [2.75, 3.05) is 6.54 Å². The molecule has 0 spiro atoms. The number of H-pyrrole nitrogens is 1. The first-order valence-corrected chi connectivity index (χ1v) is 10.6. The van der Waals surface area contributed by atoms with Crippen LogP contribution in [-0.4, -0.2) is 21.4 Å². The zero-order chi connectivity index (χ0) is 21.4. The van der Waals surface area contributed by atoms with Gasteiger partial charge in [0.25, 0.3) is 5.56 Å². The summed E-state index contributed by atoms with van der Waals surface area (Å²) in [5, 5.41) is 0.612. The highest BCUT2D eigenvalue weighted by Gasteiger charge is 2.22. The molecule has 1 aliphatic rings. The number of benzene rings is 2. The molecule has 0 fully saturated rings. The first-order chi connectivity index (χ1) is 15.1. The highest BCUT2D eigenvalue weighted by Crippen LogP contribution is 2.20. The van der Waals surface area contributed by atoms with Crippen molar-refractivity contribution < 1.29 is 4.42 Å². The quantitative estimate of drug-likeness (QED) is 0.552. The predicted molar refractivity (Wildman–Crippen MR) is 120 cm³/mol. The molecule has 0 amide bonds. The Morgan fingerprint density at radius 2 is 1.97 bits per heavy atom. The third-order valence-corrected chi connectivity index (χ3v) is 5.91. The fourth-order valence-corrected chi connectivity index (χ4v) is 4.14. The van der Waals surface area contributed by atoms with Gasteiger partial charge in [-0.3, -0.25) is 14.5 Å². The van der Waals surface area contributed by atoms with Gasteiger partial charge in [-0.1, -0.05) is 43.3 Å². The average molecular weight is 413 g/mol. The molecule has 0 aliphatic carbocycles. The van der Waals surface area contributed by atoms with Crippen molar-refractivity contribution in [1.82, 2.24) is 14.9 Å². The van der Waals surface area contributed by atoms with E-state index in [1.54, 1.807) is 6.26 Å². The van der Waals surface area contributed by atoms with E-state index in [1.165, 1.54) is 0 Å². The molecule has 1 aliphatic heterocycles. The van der Waals surface area contributed by atoms with Crippen molar-refractivity contribution in [2.24, 2.45) is 0 Å². The molecule has 0 atom stereocenters. The van der Waals surface area contributed by atoms with Crippen LogP contribution in [0.3, 0.4) is 0 Å². The van der Waals surface area contributed by atoms with E-state index in [1.807, 2.05) is 48.5 Å². The van der Waals surface area contributed by atoms with Gasteiger partial charge in [0.1, 0.15) is 11.4 Å². The van der Waals surface area contributed by atoms with Crippen LogP contribution in [0, 0.1) is 0 Å². The molecule has 156 valence electrons. The third-order valence-electron chi connectivity index (χ3n) is 5.91. The van der Waals surface area contributed by atoms with E-state index < -0.39 is 0 Å². The number of aromatic nitrogens is 2. The molecule has 4 aromatic rings. The third kappa shape index (κ3) is 3.70. The SMILES string of the molecule is CCc1ccc2occ(CN3CCc4nc(-c5ccccc5)[nH]c(=O)c4C3)c(=O)c2c1. The van der Waals surface area contributed by atoms with Gasteiger partial charge >= 0.3 is 0 Å². The molecule has 0 radical (unpaired) electrons. The summed E-state index contributed by atoms with van der Waals surface area (Å²) in [4.78, 5) is 35.5. The van der Waals surface area contributed by atoms with Crippen molar-refractivity contribution >= 4 is 11.0 Å². The van der Waals surface area contributed by atoms with E-state index in [0.29, 0.717) is 47.4 Å². The van der Waals surface area contributed by atoms with Crippen LogP contribution in [0.4, 0.5) is 0 Å². The highest BCUT2D eigenvalue weighted by atomic mass is 16.3. The Bertz CT molecular complexity index is 1370. The summed E-state index contributed by atoms with van der Waals surface area (Å²) in [5.41, 5.74) is 4.58. The van der Waals surface area contributed by atoms with Crippen molar-refractivity contribution in [2.45, 2.75) is 32.9 Å². The fraction of sp³-hybridized carbons (Fsp3) is 0.240. The molecule has 0 bridgehead atoms. The Balaban J connectivity index is 1.42. The standard InChI is InChI=1S/C25H23N3O3/c1-2-16-8-9-22-19(12-16)23(29)18(15-31-22)13-28-11-10-21-20(14-28)25(30)27-24(26-21)17-6-4-3-5-7-17/h3-9,12,15H,2,10-11,13-14H2,1H3,(H,26,27,30). The van der Waals surface area contributed by atoms with Crippen LogP contribution in [0.15, 0.2) is 68.8 Å². The fourth-order valence-electron chi connectivity index (χ4n) is 4.14. The minimum atomic E-state index is -0.119. The molecule has 0 saturated heterocycles. The van der Waals surface area contributed by atoms with Crippen LogP contribution in [0.25, 0.3) is 22.4 Å². The number of rotatable bonds is 4. The average Bonchev–Trinajstić information content (AvgIpc) is 2.81. The van der Waals surface area contributed by atoms with Crippen molar-refractivity contribution in [3.63, 3.8) is 0 Å². The molecule has 2 aromatic heterocycles. The monoisotopic (exact) mass is 413 g/mol. The first-order valence-electron chi connectivity index (χ1n) is 10.6. The van der Waals surface area contributed by atoms with Crippen LogP contribution in [-0.2, 0) is 25.9 Å². The van der Waals surface area contributed by atoms with Gasteiger partial charge in [0.05, 0.1) is 22.9 Å². The van der Waals surface area contributed by atoms with Crippen LogP contribution >= 0.6 is 0 Å². The van der Waals surface area contributed by atoms with E-state index in [0.717, 1.165) is 29.8 Å². The molecule has 6 nitrogen and oxygen atoms in total. The number of hydrogen-bond donors (Lipinski definition) is 1. The van der Waals surface area contributed by atoms with Crippen LogP contribution in [0.5, 0.6) is 0 Å². The zero-order valence-corrected chi connectivity index (χ0v) is 17.4. The summed E-state index contributed by atoms with van der Waals surface area (Å²) in [6.45, 7) is 3.68. The Morgan fingerprint density at radius 1 is 1.13 bits per heavy atom. The van der Waals surface area contributed by atoms with Gasteiger partial charge in [-0.05, 0) is 24.1 Å². The summed E-state index contributed by atoms with van der Waals surface area (Å²) < 4.78 is 5.72.